The van der Waals surface area contributed by atoms with Crippen molar-refractivity contribution in [3.8, 4) is 0 Å². The number of carbonyl (C=O) groups excluding carboxylic acids is 1. The number of amides is 1. The SMILES string of the molecule is Cc1ccc(S(=O)(=O)N(C)c2ccc(C(=O)NCCCCc3nc(C)cs3)cc2)cc1. The molecule has 1 N–H and O–H groups in total. The third-order valence-corrected chi connectivity index (χ3v) is 7.77. The Balaban J connectivity index is 1.52. The Hall–Kier alpha value is -2.71. The van der Waals surface area contributed by atoms with Gasteiger partial charge in [0, 0.05) is 30.2 Å². The third-order valence-electron chi connectivity index (χ3n) is 4.94. The highest BCUT2D eigenvalue weighted by Gasteiger charge is 2.21. The van der Waals surface area contributed by atoms with Crippen LogP contribution in [0.1, 0.15) is 39.5 Å². The number of hydrogen-bond acceptors (Lipinski definition) is 5. The maximum Gasteiger partial charge on any atom is 0.264 e. The van der Waals surface area contributed by atoms with E-state index in [1.54, 1.807) is 59.9 Å². The molecule has 3 aromatic rings. The highest BCUT2D eigenvalue weighted by molar-refractivity contribution is 7.92. The molecule has 3 rings (SSSR count). The Bertz CT molecular complexity index is 1120. The number of carbonyl (C=O) groups is 1. The predicted molar refractivity (Wildman–Crippen MR) is 125 cm³/mol. The van der Waals surface area contributed by atoms with Crippen molar-refractivity contribution in [2.24, 2.45) is 0 Å². The quantitative estimate of drug-likeness (QED) is 0.485. The first-order valence-electron chi connectivity index (χ1n) is 10.1. The largest absolute Gasteiger partial charge is 0.352 e. The lowest BCUT2D eigenvalue weighted by Gasteiger charge is -2.20. The number of thiazole rings is 1. The minimum absolute atomic E-state index is 0.166. The van der Waals surface area contributed by atoms with Gasteiger partial charge in [-0.2, -0.15) is 0 Å². The molecule has 0 atom stereocenters. The molecule has 0 aliphatic rings. The normalized spacial score (nSPS) is 11.3. The molecule has 1 amide bonds. The summed E-state index contributed by atoms with van der Waals surface area (Å²) < 4.78 is 26.8. The van der Waals surface area contributed by atoms with Crippen LogP contribution in [0.15, 0.2) is 58.8 Å². The molecular formula is C23H27N3O3S2. The molecule has 31 heavy (non-hydrogen) atoms. The molecule has 164 valence electrons. The third kappa shape index (κ3) is 5.92. The maximum absolute atomic E-state index is 12.8. The Morgan fingerprint density at radius 3 is 2.32 bits per heavy atom. The molecule has 0 aliphatic heterocycles. The minimum atomic E-state index is -3.66. The highest BCUT2D eigenvalue weighted by Crippen LogP contribution is 2.22. The first kappa shape index (κ1) is 23.0. The summed E-state index contributed by atoms with van der Waals surface area (Å²) in [5.74, 6) is -0.166. The molecule has 0 radical (unpaired) electrons. The summed E-state index contributed by atoms with van der Waals surface area (Å²) in [6, 6.07) is 13.3. The van der Waals surface area contributed by atoms with Crippen molar-refractivity contribution in [2.75, 3.05) is 17.9 Å². The Morgan fingerprint density at radius 1 is 1.03 bits per heavy atom. The fraction of sp³-hybridized carbons (Fsp3) is 0.304. The zero-order valence-electron chi connectivity index (χ0n) is 18.0. The average molecular weight is 458 g/mol. The summed E-state index contributed by atoms with van der Waals surface area (Å²) in [6.45, 7) is 4.49. The zero-order valence-corrected chi connectivity index (χ0v) is 19.6. The van der Waals surface area contributed by atoms with E-state index in [4.69, 9.17) is 0 Å². The lowest BCUT2D eigenvalue weighted by molar-refractivity contribution is 0.0953. The molecule has 0 saturated carbocycles. The maximum atomic E-state index is 12.8. The van der Waals surface area contributed by atoms with Crippen LogP contribution in [0, 0.1) is 13.8 Å². The number of nitrogens with one attached hydrogen (secondary N) is 1. The number of sulfonamides is 1. The van der Waals surface area contributed by atoms with Gasteiger partial charge in [-0.05, 0) is 69.5 Å². The van der Waals surface area contributed by atoms with Gasteiger partial charge in [0.15, 0.2) is 0 Å². The Morgan fingerprint density at radius 2 is 1.71 bits per heavy atom. The lowest BCUT2D eigenvalue weighted by atomic mass is 10.2. The van der Waals surface area contributed by atoms with Gasteiger partial charge in [-0.3, -0.25) is 9.10 Å². The Labute approximate surface area is 188 Å². The molecular weight excluding hydrogens is 430 g/mol. The summed E-state index contributed by atoms with van der Waals surface area (Å²) in [5, 5.41) is 6.09. The number of hydrogen-bond donors (Lipinski definition) is 1. The van der Waals surface area contributed by atoms with Crippen molar-refractivity contribution >= 4 is 33.0 Å². The smallest absolute Gasteiger partial charge is 0.264 e. The fourth-order valence-corrected chi connectivity index (χ4v) is 5.07. The monoisotopic (exact) mass is 457 g/mol. The van der Waals surface area contributed by atoms with Crippen molar-refractivity contribution in [1.29, 1.82) is 0 Å². The van der Waals surface area contributed by atoms with Gasteiger partial charge in [0.2, 0.25) is 0 Å². The summed E-state index contributed by atoms with van der Waals surface area (Å²) in [6.07, 6.45) is 2.76. The molecule has 2 aromatic carbocycles. The lowest BCUT2D eigenvalue weighted by Crippen LogP contribution is -2.27. The van der Waals surface area contributed by atoms with Gasteiger partial charge in [-0.1, -0.05) is 17.7 Å². The van der Waals surface area contributed by atoms with E-state index in [1.165, 1.54) is 11.4 Å². The molecule has 0 spiro atoms. The topological polar surface area (TPSA) is 79.4 Å². The standard InChI is InChI=1S/C23H27N3O3S2/c1-17-7-13-21(14-8-17)31(28,29)26(3)20-11-9-19(10-12-20)23(27)24-15-5-4-6-22-25-18(2)16-30-22/h7-14,16H,4-6,15H2,1-3H3,(H,24,27). The number of nitrogens with zero attached hydrogens (tertiary/aromatic N) is 2. The zero-order chi connectivity index (χ0) is 22.4. The van der Waals surface area contributed by atoms with Crippen LogP contribution in [0.25, 0.3) is 0 Å². The second-order valence-corrected chi connectivity index (χ2v) is 10.3. The second-order valence-electron chi connectivity index (χ2n) is 7.43. The molecule has 6 nitrogen and oxygen atoms in total. The van der Waals surface area contributed by atoms with E-state index in [1.807, 2.05) is 19.2 Å². The van der Waals surface area contributed by atoms with Crippen LogP contribution < -0.4 is 9.62 Å². The van der Waals surface area contributed by atoms with Crippen molar-refractivity contribution in [3.05, 3.63) is 75.7 Å². The van der Waals surface area contributed by atoms with Gasteiger partial charge in [0.25, 0.3) is 15.9 Å². The average Bonchev–Trinajstić information content (AvgIpc) is 3.18. The van der Waals surface area contributed by atoms with E-state index in [0.717, 1.165) is 35.5 Å². The minimum Gasteiger partial charge on any atom is -0.352 e. The van der Waals surface area contributed by atoms with Gasteiger partial charge in [0.1, 0.15) is 0 Å². The van der Waals surface area contributed by atoms with Gasteiger partial charge >= 0.3 is 0 Å². The molecule has 1 heterocycles. The molecule has 0 unspecified atom stereocenters. The van der Waals surface area contributed by atoms with Crippen molar-refractivity contribution in [3.63, 3.8) is 0 Å². The van der Waals surface area contributed by atoms with Crippen molar-refractivity contribution < 1.29 is 13.2 Å². The second kappa shape index (κ2) is 10.1. The van der Waals surface area contributed by atoms with Crippen LogP contribution in [0.4, 0.5) is 5.69 Å². The van der Waals surface area contributed by atoms with Gasteiger partial charge < -0.3 is 5.32 Å². The van der Waals surface area contributed by atoms with Crippen molar-refractivity contribution in [1.82, 2.24) is 10.3 Å². The van der Waals surface area contributed by atoms with E-state index in [-0.39, 0.29) is 10.8 Å². The van der Waals surface area contributed by atoms with Crippen LogP contribution in [0.2, 0.25) is 0 Å². The van der Waals surface area contributed by atoms with Gasteiger partial charge in [-0.15, -0.1) is 11.3 Å². The van der Waals surface area contributed by atoms with Crippen LogP contribution >= 0.6 is 11.3 Å². The first-order chi connectivity index (χ1) is 14.8. The van der Waals surface area contributed by atoms with Gasteiger partial charge in [-0.25, -0.2) is 13.4 Å². The summed E-state index contributed by atoms with van der Waals surface area (Å²) in [4.78, 5) is 17.0. The highest BCUT2D eigenvalue weighted by atomic mass is 32.2. The number of rotatable bonds is 9. The molecule has 8 heteroatoms. The van der Waals surface area contributed by atoms with Crippen LogP contribution in [0.3, 0.4) is 0 Å². The number of unbranched alkanes of at least 4 members (excludes halogenated alkanes) is 1. The van der Waals surface area contributed by atoms with E-state index in [2.05, 4.69) is 10.3 Å². The molecule has 1 aromatic heterocycles. The van der Waals surface area contributed by atoms with Crippen LogP contribution in [-0.2, 0) is 16.4 Å². The summed E-state index contributed by atoms with van der Waals surface area (Å²) >= 11 is 1.67. The first-order valence-corrected chi connectivity index (χ1v) is 12.4. The summed E-state index contributed by atoms with van der Waals surface area (Å²) in [5.41, 5.74) is 3.04. The summed E-state index contributed by atoms with van der Waals surface area (Å²) in [7, 11) is -2.15. The number of anilines is 1. The van der Waals surface area contributed by atoms with Gasteiger partial charge in [0.05, 0.1) is 15.6 Å². The van der Waals surface area contributed by atoms with Crippen LogP contribution in [-0.4, -0.2) is 32.9 Å². The molecule has 0 aliphatic carbocycles. The fourth-order valence-electron chi connectivity index (χ4n) is 3.05. The van der Waals surface area contributed by atoms with Crippen LogP contribution in [0.5, 0.6) is 0 Å². The van der Waals surface area contributed by atoms with E-state index in [0.29, 0.717) is 17.8 Å². The molecule has 0 bridgehead atoms. The number of aromatic nitrogens is 1. The number of benzene rings is 2. The van der Waals surface area contributed by atoms with E-state index >= 15 is 0 Å². The molecule has 0 saturated heterocycles. The predicted octanol–water partition coefficient (Wildman–Crippen LogP) is 4.34. The van der Waals surface area contributed by atoms with E-state index in [9.17, 15) is 13.2 Å². The van der Waals surface area contributed by atoms with Crippen molar-refractivity contribution in [2.45, 2.75) is 38.0 Å². The molecule has 0 fully saturated rings. The number of aryl methyl sites for hydroxylation is 3. The van der Waals surface area contributed by atoms with E-state index < -0.39 is 10.0 Å². The Kier molecular flexibility index (Phi) is 7.46.